The predicted octanol–water partition coefficient (Wildman–Crippen LogP) is 4.30. The van der Waals surface area contributed by atoms with Crippen LogP contribution >= 0.6 is 0 Å². The van der Waals surface area contributed by atoms with Crippen molar-refractivity contribution >= 4 is 0 Å². The van der Waals surface area contributed by atoms with Gasteiger partial charge in [0.15, 0.2) is 0 Å². The first-order valence-corrected chi connectivity index (χ1v) is 8.48. The largest absolute Gasteiger partial charge is 0.312 e. The van der Waals surface area contributed by atoms with Crippen molar-refractivity contribution in [2.24, 2.45) is 5.92 Å². The lowest BCUT2D eigenvalue weighted by molar-refractivity contribution is 0.114. The van der Waals surface area contributed by atoms with Crippen molar-refractivity contribution in [2.75, 3.05) is 13.1 Å². The quantitative estimate of drug-likeness (QED) is 0.602. The number of nitrogens with zero attached hydrogens (tertiary/aromatic N) is 1. The van der Waals surface area contributed by atoms with E-state index in [0.29, 0.717) is 12.1 Å². The van der Waals surface area contributed by atoms with E-state index in [1.54, 1.807) is 0 Å². The van der Waals surface area contributed by atoms with E-state index >= 15 is 0 Å². The Morgan fingerprint density at radius 3 is 1.74 bits per heavy atom. The lowest BCUT2D eigenvalue weighted by Crippen LogP contribution is -2.49. The molecule has 0 rings (SSSR count). The van der Waals surface area contributed by atoms with Crippen LogP contribution in [0.3, 0.4) is 0 Å². The van der Waals surface area contributed by atoms with Crippen LogP contribution in [0.5, 0.6) is 0 Å². The summed E-state index contributed by atoms with van der Waals surface area (Å²) in [4.78, 5) is 2.72. The molecule has 1 atom stereocenters. The maximum absolute atomic E-state index is 3.73. The van der Waals surface area contributed by atoms with Crippen LogP contribution in [0.15, 0.2) is 0 Å². The van der Waals surface area contributed by atoms with Crippen molar-refractivity contribution in [3.05, 3.63) is 0 Å². The molecule has 0 bridgehead atoms. The summed E-state index contributed by atoms with van der Waals surface area (Å²) in [5, 5.41) is 3.73. The Balaban J connectivity index is 4.48. The Kier molecular flexibility index (Phi) is 10.6. The number of hydrogen-bond acceptors (Lipinski definition) is 2. The Hall–Kier alpha value is -0.0800. The molecule has 0 saturated carbocycles. The first-order chi connectivity index (χ1) is 8.99. The topological polar surface area (TPSA) is 15.3 Å². The molecule has 0 aliphatic carbocycles. The van der Waals surface area contributed by atoms with Gasteiger partial charge in [0.2, 0.25) is 0 Å². The van der Waals surface area contributed by atoms with Gasteiger partial charge < -0.3 is 5.32 Å². The maximum atomic E-state index is 3.73. The number of hydrogen-bond donors (Lipinski definition) is 1. The highest BCUT2D eigenvalue weighted by molar-refractivity contribution is 4.79. The van der Waals surface area contributed by atoms with Gasteiger partial charge in [0.05, 0.1) is 0 Å². The second-order valence-corrected chi connectivity index (χ2v) is 6.33. The minimum Gasteiger partial charge on any atom is -0.312 e. The Bertz CT molecular complexity index is 195. The summed E-state index contributed by atoms with van der Waals surface area (Å²) in [6.45, 7) is 18.6. The summed E-state index contributed by atoms with van der Waals surface area (Å²) in [5.41, 5.74) is 0. The highest BCUT2D eigenvalue weighted by Gasteiger charge is 2.22. The van der Waals surface area contributed by atoms with E-state index < -0.39 is 0 Å². The fraction of sp³-hybridized carbons (Fsp3) is 1.00. The zero-order valence-electron chi connectivity index (χ0n) is 14.5. The summed E-state index contributed by atoms with van der Waals surface area (Å²) in [6.07, 6.45) is 4.99. The van der Waals surface area contributed by atoms with Gasteiger partial charge in [-0.15, -0.1) is 0 Å². The van der Waals surface area contributed by atoms with Crippen LogP contribution in [-0.4, -0.2) is 36.1 Å². The normalized spacial score (nSPS) is 14.1. The molecular weight excluding hydrogens is 232 g/mol. The first kappa shape index (κ1) is 18.9. The van der Waals surface area contributed by atoms with Crippen LogP contribution in [-0.2, 0) is 0 Å². The van der Waals surface area contributed by atoms with Crippen LogP contribution in [0.4, 0.5) is 0 Å². The molecule has 0 aliphatic heterocycles. The first-order valence-electron chi connectivity index (χ1n) is 8.48. The van der Waals surface area contributed by atoms with Gasteiger partial charge in [-0.2, -0.15) is 0 Å². The number of rotatable bonds is 11. The average molecular weight is 271 g/mol. The zero-order valence-corrected chi connectivity index (χ0v) is 14.5. The molecule has 0 spiro atoms. The molecule has 116 valence electrons. The minimum atomic E-state index is 0.632. The smallest absolute Gasteiger partial charge is 0.0195 e. The standard InChI is InChI=1S/C17H38N2/c1-8-16(9-2)18-12-15(7)19(13-14(5)6)17(10-3)11-4/h14-18H,8-13H2,1-7H3. The number of nitrogens with one attached hydrogen (secondary N) is 1. The maximum Gasteiger partial charge on any atom is 0.0195 e. The average Bonchev–Trinajstić information content (AvgIpc) is 2.39. The molecule has 0 aromatic carbocycles. The van der Waals surface area contributed by atoms with Gasteiger partial charge in [-0.25, -0.2) is 0 Å². The molecule has 0 aliphatic rings. The molecule has 0 fully saturated rings. The van der Waals surface area contributed by atoms with E-state index in [9.17, 15) is 0 Å². The molecule has 0 amide bonds. The van der Waals surface area contributed by atoms with Crippen LogP contribution in [0.25, 0.3) is 0 Å². The SMILES string of the molecule is CCC(CC)NCC(C)N(CC(C)C)C(CC)CC. The molecule has 0 saturated heterocycles. The highest BCUT2D eigenvalue weighted by Crippen LogP contribution is 2.15. The third-order valence-electron chi connectivity index (χ3n) is 4.24. The highest BCUT2D eigenvalue weighted by atomic mass is 15.2. The molecule has 19 heavy (non-hydrogen) atoms. The van der Waals surface area contributed by atoms with Gasteiger partial charge in [0.25, 0.3) is 0 Å². The zero-order chi connectivity index (χ0) is 14.8. The monoisotopic (exact) mass is 270 g/mol. The van der Waals surface area contributed by atoms with Gasteiger partial charge in [-0.05, 0) is 38.5 Å². The minimum absolute atomic E-state index is 0.632. The second kappa shape index (κ2) is 10.7. The van der Waals surface area contributed by atoms with Gasteiger partial charge in [0, 0.05) is 31.2 Å². The second-order valence-electron chi connectivity index (χ2n) is 6.33. The molecule has 1 unspecified atom stereocenters. The predicted molar refractivity (Wildman–Crippen MR) is 87.7 cm³/mol. The van der Waals surface area contributed by atoms with E-state index in [4.69, 9.17) is 0 Å². The van der Waals surface area contributed by atoms with Gasteiger partial charge in [-0.3, -0.25) is 4.90 Å². The lowest BCUT2D eigenvalue weighted by Gasteiger charge is -2.37. The Morgan fingerprint density at radius 2 is 1.37 bits per heavy atom. The van der Waals surface area contributed by atoms with Gasteiger partial charge in [-0.1, -0.05) is 41.5 Å². The fourth-order valence-corrected chi connectivity index (χ4v) is 2.90. The summed E-state index contributed by atoms with van der Waals surface area (Å²) < 4.78 is 0. The summed E-state index contributed by atoms with van der Waals surface area (Å²) in [7, 11) is 0. The van der Waals surface area contributed by atoms with Gasteiger partial charge in [0.1, 0.15) is 0 Å². The fourth-order valence-electron chi connectivity index (χ4n) is 2.90. The molecule has 0 aromatic heterocycles. The van der Waals surface area contributed by atoms with E-state index in [-0.39, 0.29) is 0 Å². The van der Waals surface area contributed by atoms with Crippen molar-refractivity contribution < 1.29 is 0 Å². The molecule has 2 nitrogen and oxygen atoms in total. The molecule has 2 heteroatoms. The van der Waals surface area contributed by atoms with Crippen LogP contribution in [0.2, 0.25) is 0 Å². The molecule has 0 aromatic rings. The third-order valence-corrected chi connectivity index (χ3v) is 4.24. The lowest BCUT2D eigenvalue weighted by atomic mass is 10.0. The summed E-state index contributed by atoms with van der Waals surface area (Å²) >= 11 is 0. The van der Waals surface area contributed by atoms with E-state index in [2.05, 4.69) is 58.7 Å². The van der Waals surface area contributed by atoms with E-state index in [0.717, 1.165) is 18.5 Å². The Morgan fingerprint density at radius 1 is 0.842 bits per heavy atom. The van der Waals surface area contributed by atoms with Gasteiger partial charge >= 0.3 is 0 Å². The van der Waals surface area contributed by atoms with Crippen molar-refractivity contribution in [3.63, 3.8) is 0 Å². The molecule has 0 heterocycles. The Labute approximate surface area is 122 Å². The molecule has 0 radical (unpaired) electrons. The summed E-state index contributed by atoms with van der Waals surface area (Å²) in [5.74, 6) is 0.746. The van der Waals surface area contributed by atoms with Crippen LogP contribution < -0.4 is 5.32 Å². The molecular formula is C17H38N2. The van der Waals surface area contributed by atoms with Crippen molar-refractivity contribution in [3.8, 4) is 0 Å². The van der Waals surface area contributed by atoms with Crippen LogP contribution in [0.1, 0.15) is 74.1 Å². The van der Waals surface area contributed by atoms with Crippen molar-refractivity contribution in [1.82, 2.24) is 10.2 Å². The molecule has 1 N–H and O–H groups in total. The summed E-state index contributed by atoms with van der Waals surface area (Å²) in [6, 6.07) is 2.05. The van der Waals surface area contributed by atoms with E-state index in [1.165, 1.54) is 32.2 Å². The van der Waals surface area contributed by atoms with Crippen molar-refractivity contribution in [1.29, 1.82) is 0 Å². The van der Waals surface area contributed by atoms with Crippen molar-refractivity contribution in [2.45, 2.75) is 92.3 Å². The third kappa shape index (κ3) is 7.31. The van der Waals surface area contributed by atoms with Crippen LogP contribution in [0, 0.1) is 5.92 Å². The van der Waals surface area contributed by atoms with E-state index in [1.807, 2.05) is 0 Å².